The van der Waals surface area contributed by atoms with Crippen LogP contribution in [0, 0.1) is 5.92 Å². The molecule has 0 bridgehead atoms. The molecular formula is C25H23F3N4O2. The fourth-order valence-corrected chi connectivity index (χ4v) is 3.71. The largest absolute Gasteiger partial charge is 0.456 e. The SMILES string of the molecule is CC1CN(C(=O)Nc2cccnc2)CCC1=Cc1cccc(Oc2ccc(C(F)(F)F)nc2)c1. The van der Waals surface area contributed by atoms with Crippen LogP contribution in [0.5, 0.6) is 11.5 Å². The number of benzene rings is 1. The first-order chi connectivity index (χ1) is 16.3. The van der Waals surface area contributed by atoms with E-state index in [0.29, 0.717) is 24.5 Å². The number of halogens is 3. The molecule has 1 atom stereocenters. The Labute approximate surface area is 195 Å². The lowest BCUT2D eigenvalue weighted by atomic mass is 9.91. The second-order valence-corrected chi connectivity index (χ2v) is 8.04. The molecule has 0 saturated carbocycles. The summed E-state index contributed by atoms with van der Waals surface area (Å²) in [4.78, 5) is 21.8. The monoisotopic (exact) mass is 468 g/mol. The minimum absolute atomic E-state index is 0.153. The van der Waals surface area contributed by atoms with E-state index in [9.17, 15) is 18.0 Å². The number of pyridine rings is 2. The van der Waals surface area contributed by atoms with Gasteiger partial charge in [0, 0.05) is 19.3 Å². The minimum Gasteiger partial charge on any atom is -0.456 e. The lowest BCUT2D eigenvalue weighted by Gasteiger charge is -2.33. The number of amides is 2. The number of carbonyl (C=O) groups excluding carboxylic acids is 1. The van der Waals surface area contributed by atoms with Crippen LogP contribution in [0.3, 0.4) is 0 Å². The number of anilines is 1. The third-order valence-corrected chi connectivity index (χ3v) is 5.47. The lowest BCUT2D eigenvalue weighted by Crippen LogP contribution is -2.42. The summed E-state index contributed by atoms with van der Waals surface area (Å²) in [6.07, 6.45) is 2.62. The van der Waals surface area contributed by atoms with Crippen LogP contribution in [0.15, 0.2) is 72.7 Å². The van der Waals surface area contributed by atoms with Crippen LogP contribution in [0.2, 0.25) is 0 Å². The zero-order chi connectivity index (χ0) is 24.1. The number of likely N-dealkylation sites (tertiary alicyclic amines) is 1. The standard InChI is InChI=1S/C25H23F3N4O2/c1-17-16-32(24(33)31-20-5-3-10-29-14-20)11-9-19(17)12-18-4-2-6-21(13-18)34-22-7-8-23(30-15-22)25(26,27)28/h2-8,10,12-15,17H,9,11,16H2,1H3,(H,31,33). The number of aromatic nitrogens is 2. The second-order valence-electron chi connectivity index (χ2n) is 8.04. The minimum atomic E-state index is -4.49. The molecule has 1 aliphatic rings. The van der Waals surface area contributed by atoms with E-state index in [2.05, 4.69) is 28.3 Å². The molecular weight excluding hydrogens is 445 g/mol. The van der Waals surface area contributed by atoms with Gasteiger partial charge in [-0.25, -0.2) is 9.78 Å². The van der Waals surface area contributed by atoms with E-state index in [-0.39, 0.29) is 17.7 Å². The molecule has 4 rings (SSSR count). The van der Waals surface area contributed by atoms with Crippen LogP contribution in [0.25, 0.3) is 6.08 Å². The predicted octanol–water partition coefficient (Wildman–Crippen LogP) is 6.25. The van der Waals surface area contributed by atoms with Gasteiger partial charge >= 0.3 is 12.2 Å². The molecule has 1 aromatic carbocycles. The third-order valence-electron chi connectivity index (χ3n) is 5.47. The first kappa shape index (κ1) is 23.3. The maximum absolute atomic E-state index is 12.7. The lowest BCUT2D eigenvalue weighted by molar-refractivity contribution is -0.141. The Morgan fingerprint density at radius 2 is 2.00 bits per heavy atom. The Bertz CT molecular complexity index is 1160. The second kappa shape index (κ2) is 9.94. The van der Waals surface area contributed by atoms with Gasteiger partial charge in [0.05, 0.1) is 18.1 Å². The van der Waals surface area contributed by atoms with Crippen LogP contribution < -0.4 is 10.1 Å². The highest BCUT2D eigenvalue weighted by Crippen LogP contribution is 2.30. The van der Waals surface area contributed by atoms with Gasteiger partial charge in [-0.2, -0.15) is 13.2 Å². The van der Waals surface area contributed by atoms with Crippen LogP contribution >= 0.6 is 0 Å². The Kier molecular flexibility index (Phi) is 6.81. The molecule has 1 unspecified atom stereocenters. The maximum Gasteiger partial charge on any atom is 0.433 e. The fraction of sp³-hybridized carbons (Fsp3) is 0.240. The molecule has 1 N–H and O–H groups in total. The Hall–Kier alpha value is -3.88. The summed E-state index contributed by atoms with van der Waals surface area (Å²) in [6.45, 7) is 3.25. The highest BCUT2D eigenvalue weighted by atomic mass is 19.4. The van der Waals surface area contributed by atoms with Crippen molar-refractivity contribution in [1.29, 1.82) is 0 Å². The molecule has 0 spiro atoms. The van der Waals surface area contributed by atoms with Crippen molar-refractivity contribution < 1.29 is 22.7 Å². The molecule has 2 amide bonds. The number of carbonyl (C=O) groups is 1. The summed E-state index contributed by atoms with van der Waals surface area (Å²) >= 11 is 0. The van der Waals surface area contributed by atoms with Crippen LogP contribution in [-0.4, -0.2) is 34.0 Å². The van der Waals surface area contributed by atoms with Gasteiger partial charge < -0.3 is 15.0 Å². The molecule has 1 saturated heterocycles. The van der Waals surface area contributed by atoms with E-state index in [1.54, 1.807) is 35.5 Å². The topological polar surface area (TPSA) is 67.4 Å². The van der Waals surface area contributed by atoms with Crippen molar-refractivity contribution in [2.24, 2.45) is 5.92 Å². The summed E-state index contributed by atoms with van der Waals surface area (Å²) in [5.41, 5.74) is 1.81. The summed E-state index contributed by atoms with van der Waals surface area (Å²) in [5.74, 6) is 0.882. The molecule has 9 heteroatoms. The molecule has 3 aromatic rings. The van der Waals surface area contributed by atoms with Gasteiger partial charge in [0.2, 0.25) is 0 Å². The number of urea groups is 1. The smallest absolute Gasteiger partial charge is 0.433 e. The van der Waals surface area contributed by atoms with Crippen molar-refractivity contribution in [3.63, 3.8) is 0 Å². The number of piperidine rings is 1. The van der Waals surface area contributed by atoms with E-state index in [4.69, 9.17) is 4.74 Å². The normalized spacial score (nSPS) is 17.5. The van der Waals surface area contributed by atoms with E-state index < -0.39 is 11.9 Å². The first-order valence-corrected chi connectivity index (χ1v) is 10.8. The molecule has 6 nitrogen and oxygen atoms in total. The maximum atomic E-state index is 12.7. The number of alkyl halides is 3. The summed E-state index contributed by atoms with van der Waals surface area (Å²) in [7, 11) is 0. The number of nitrogens with zero attached hydrogens (tertiary/aromatic N) is 3. The van der Waals surface area contributed by atoms with Gasteiger partial charge in [0.25, 0.3) is 0 Å². The number of rotatable bonds is 4. The molecule has 2 aromatic heterocycles. The predicted molar refractivity (Wildman–Crippen MR) is 122 cm³/mol. The van der Waals surface area contributed by atoms with Gasteiger partial charge in [0.15, 0.2) is 0 Å². The first-order valence-electron chi connectivity index (χ1n) is 10.8. The third kappa shape index (κ3) is 5.92. The van der Waals surface area contributed by atoms with E-state index >= 15 is 0 Å². The summed E-state index contributed by atoms with van der Waals surface area (Å²) in [6, 6.07) is 12.8. The van der Waals surface area contributed by atoms with Gasteiger partial charge in [0.1, 0.15) is 17.2 Å². The van der Waals surface area contributed by atoms with Crippen molar-refractivity contribution >= 4 is 17.8 Å². The number of ether oxygens (including phenoxy) is 1. The van der Waals surface area contributed by atoms with Gasteiger partial charge in [-0.15, -0.1) is 0 Å². The zero-order valence-corrected chi connectivity index (χ0v) is 18.4. The Morgan fingerprint density at radius 3 is 2.68 bits per heavy atom. The Morgan fingerprint density at radius 1 is 1.15 bits per heavy atom. The molecule has 34 heavy (non-hydrogen) atoms. The quantitative estimate of drug-likeness (QED) is 0.492. The highest BCUT2D eigenvalue weighted by molar-refractivity contribution is 5.89. The van der Waals surface area contributed by atoms with Crippen LogP contribution in [-0.2, 0) is 6.18 Å². The van der Waals surface area contributed by atoms with Gasteiger partial charge in [-0.3, -0.25) is 4.98 Å². The molecule has 0 aliphatic carbocycles. The summed E-state index contributed by atoms with van der Waals surface area (Å²) < 4.78 is 43.7. The van der Waals surface area contributed by atoms with Crippen LogP contribution in [0.1, 0.15) is 24.6 Å². The van der Waals surface area contributed by atoms with E-state index in [1.165, 1.54) is 11.6 Å². The van der Waals surface area contributed by atoms with E-state index in [1.807, 2.05) is 18.2 Å². The van der Waals surface area contributed by atoms with Crippen molar-refractivity contribution in [2.75, 3.05) is 18.4 Å². The van der Waals surface area contributed by atoms with E-state index in [0.717, 1.165) is 24.2 Å². The fourth-order valence-electron chi connectivity index (χ4n) is 3.71. The number of hydrogen-bond acceptors (Lipinski definition) is 4. The number of nitrogens with one attached hydrogen (secondary N) is 1. The average molecular weight is 468 g/mol. The van der Waals surface area contributed by atoms with Gasteiger partial charge in [-0.05, 0) is 54.3 Å². The van der Waals surface area contributed by atoms with Crippen molar-refractivity contribution in [3.05, 3.63) is 84.0 Å². The van der Waals surface area contributed by atoms with Crippen molar-refractivity contribution in [1.82, 2.24) is 14.9 Å². The van der Waals surface area contributed by atoms with Crippen molar-refractivity contribution in [3.8, 4) is 11.5 Å². The molecule has 1 fully saturated rings. The molecule has 3 heterocycles. The van der Waals surface area contributed by atoms with Crippen LogP contribution in [0.4, 0.5) is 23.7 Å². The van der Waals surface area contributed by atoms with Gasteiger partial charge in [-0.1, -0.05) is 30.7 Å². The highest BCUT2D eigenvalue weighted by Gasteiger charge is 2.32. The zero-order valence-electron chi connectivity index (χ0n) is 18.4. The van der Waals surface area contributed by atoms with Crippen molar-refractivity contribution in [2.45, 2.75) is 19.5 Å². The molecule has 176 valence electrons. The number of hydrogen-bond donors (Lipinski definition) is 1. The Balaban J connectivity index is 1.39. The molecule has 1 aliphatic heterocycles. The summed E-state index contributed by atoms with van der Waals surface area (Å²) in [5, 5.41) is 2.86. The molecule has 0 radical (unpaired) electrons. The average Bonchev–Trinajstić information content (AvgIpc) is 2.81.